The van der Waals surface area contributed by atoms with Crippen LogP contribution in [-0.2, 0) is 24.4 Å². The number of amides is 2. The number of aromatic nitrogens is 6. The highest BCUT2D eigenvalue weighted by Crippen LogP contribution is 2.43. The molecule has 2 amide bonds. The number of hydrogen-bond donors (Lipinski definition) is 2. The summed E-state index contributed by atoms with van der Waals surface area (Å²) >= 11 is 0. The molecule has 0 atom stereocenters. The quantitative estimate of drug-likeness (QED) is 0.504. The molecule has 3 heterocycles. The van der Waals surface area contributed by atoms with Crippen molar-refractivity contribution in [2.75, 3.05) is 0 Å². The summed E-state index contributed by atoms with van der Waals surface area (Å²) in [6.45, 7) is 1.18. The number of rotatable bonds is 9. The summed E-state index contributed by atoms with van der Waals surface area (Å²) < 4.78 is 27.4. The van der Waals surface area contributed by atoms with Crippen LogP contribution in [0.5, 0.6) is 0 Å². The molecule has 2 fully saturated rings. The number of hydrogen-bond acceptors (Lipinski definition) is 6. The molecule has 3 aromatic heterocycles. The van der Waals surface area contributed by atoms with Crippen molar-refractivity contribution in [3.05, 3.63) is 41.6 Å². The Bertz CT molecular complexity index is 1180. The van der Waals surface area contributed by atoms with Crippen LogP contribution in [0.3, 0.4) is 0 Å². The lowest BCUT2D eigenvalue weighted by molar-refractivity contribution is -0.133. The Kier molecular flexibility index (Phi) is 5.51. The Balaban J connectivity index is 1.12. The Morgan fingerprint density at radius 1 is 1.09 bits per heavy atom. The average Bonchev–Trinajstić information content (AvgIpc) is 3.28. The lowest BCUT2D eigenvalue weighted by Crippen LogP contribution is -2.38. The van der Waals surface area contributed by atoms with E-state index in [0.717, 1.165) is 12.1 Å². The third-order valence-corrected chi connectivity index (χ3v) is 5.88. The smallest absolute Gasteiger partial charge is 0.273 e. The second-order valence-electron chi connectivity index (χ2n) is 8.92. The van der Waals surface area contributed by atoms with Crippen molar-refractivity contribution in [1.29, 1.82) is 0 Å². The lowest BCUT2D eigenvalue weighted by Gasteiger charge is -2.34. The van der Waals surface area contributed by atoms with Crippen LogP contribution < -0.4 is 10.6 Å². The van der Waals surface area contributed by atoms with Gasteiger partial charge in [0.05, 0.1) is 37.4 Å². The van der Waals surface area contributed by atoms with E-state index in [2.05, 4.69) is 30.9 Å². The molecule has 5 rings (SSSR count). The summed E-state index contributed by atoms with van der Waals surface area (Å²) in [5, 5.41) is 18.1. The predicted molar refractivity (Wildman–Crippen MR) is 111 cm³/mol. The molecule has 0 bridgehead atoms. The molecule has 0 aliphatic heterocycles. The summed E-state index contributed by atoms with van der Waals surface area (Å²) in [5.74, 6) is -2.83. The molecule has 0 radical (unpaired) electrons. The van der Waals surface area contributed by atoms with E-state index >= 15 is 0 Å². The number of carbonyl (C=O) groups excluding carboxylic acids is 2. The van der Waals surface area contributed by atoms with Crippen molar-refractivity contribution in [3.8, 4) is 0 Å². The van der Waals surface area contributed by atoms with Gasteiger partial charge in [0, 0.05) is 25.8 Å². The number of fused-ring (bicyclic) bond motifs is 1. The van der Waals surface area contributed by atoms with Crippen molar-refractivity contribution in [2.24, 2.45) is 11.8 Å². The van der Waals surface area contributed by atoms with E-state index in [4.69, 9.17) is 0 Å². The van der Waals surface area contributed by atoms with Crippen LogP contribution in [0.2, 0.25) is 0 Å². The summed E-state index contributed by atoms with van der Waals surface area (Å²) in [6.07, 6.45) is 6.79. The number of halogens is 2. The van der Waals surface area contributed by atoms with Gasteiger partial charge in [-0.2, -0.15) is 15.0 Å². The molecule has 33 heavy (non-hydrogen) atoms. The van der Waals surface area contributed by atoms with Crippen LogP contribution in [0.1, 0.15) is 53.8 Å². The number of alkyl halides is 2. The zero-order chi connectivity index (χ0) is 23.0. The largest absolute Gasteiger partial charge is 0.352 e. The van der Waals surface area contributed by atoms with Gasteiger partial charge in [0.15, 0.2) is 11.3 Å². The molecule has 2 aliphatic rings. The summed E-state index contributed by atoms with van der Waals surface area (Å²) in [7, 11) is 0. The van der Waals surface area contributed by atoms with Gasteiger partial charge in [0.1, 0.15) is 0 Å². The van der Waals surface area contributed by atoms with Crippen LogP contribution in [-0.4, -0.2) is 47.3 Å². The molecule has 0 saturated heterocycles. The monoisotopic (exact) mass is 458 g/mol. The van der Waals surface area contributed by atoms with Gasteiger partial charge >= 0.3 is 0 Å². The molecule has 0 unspecified atom stereocenters. The summed E-state index contributed by atoms with van der Waals surface area (Å²) in [5.41, 5.74) is 2.19. The van der Waals surface area contributed by atoms with Crippen LogP contribution in [0.15, 0.2) is 24.7 Å². The van der Waals surface area contributed by atoms with E-state index in [9.17, 15) is 18.4 Å². The second-order valence-corrected chi connectivity index (χ2v) is 8.92. The third-order valence-electron chi connectivity index (χ3n) is 5.88. The molecule has 3 aromatic rings. The molecule has 2 N–H and O–H groups in total. The Morgan fingerprint density at radius 3 is 2.67 bits per heavy atom. The fourth-order valence-electron chi connectivity index (χ4n) is 3.89. The van der Waals surface area contributed by atoms with Crippen molar-refractivity contribution in [2.45, 2.75) is 57.7 Å². The van der Waals surface area contributed by atoms with Gasteiger partial charge in [-0.1, -0.05) is 0 Å². The molecular weight excluding hydrogens is 434 g/mol. The van der Waals surface area contributed by atoms with E-state index in [1.807, 2.05) is 0 Å². The van der Waals surface area contributed by atoms with Gasteiger partial charge in [-0.05, 0) is 36.3 Å². The number of carbonyl (C=O) groups is 2. The molecule has 2 aliphatic carbocycles. The Labute approximate surface area is 187 Å². The van der Waals surface area contributed by atoms with Gasteiger partial charge in [-0.25, -0.2) is 18.3 Å². The van der Waals surface area contributed by atoms with E-state index in [1.54, 1.807) is 27.8 Å². The first-order valence-electron chi connectivity index (χ1n) is 11.0. The second kappa shape index (κ2) is 8.49. The third kappa shape index (κ3) is 5.32. The van der Waals surface area contributed by atoms with Crippen LogP contribution in [0.25, 0.3) is 5.65 Å². The van der Waals surface area contributed by atoms with Crippen LogP contribution >= 0.6 is 0 Å². The van der Waals surface area contributed by atoms with Crippen molar-refractivity contribution < 1.29 is 18.4 Å². The van der Waals surface area contributed by atoms with Gasteiger partial charge in [0.2, 0.25) is 11.8 Å². The highest BCUT2D eigenvalue weighted by molar-refractivity contribution is 5.91. The first-order chi connectivity index (χ1) is 15.8. The number of imidazole rings is 1. The minimum Gasteiger partial charge on any atom is -0.352 e. The van der Waals surface area contributed by atoms with Gasteiger partial charge in [-0.3, -0.25) is 9.59 Å². The number of nitrogens with zero attached hydrogens (tertiary/aromatic N) is 6. The van der Waals surface area contributed by atoms with Gasteiger partial charge < -0.3 is 10.6 Å². The molecule has 174 valence electrons. The summed E-state index contributed by atoms with van der Waals surface area (Å²) in [4.78, 5) is 30.3. The zero-order valence-electron chi connectivity index (χ0n) is 17.9. The van der Waals surface area contributed by atoms with E-state index < -0.39 is 5.92 Å². The average molecular weight is 458 g/mol. The summed E-state index contributed by atoms with van der Waals surface area (Å²) in [6, 6.07) is 1.78. The normalized spacial score (nSPS) is 17.6. The SMILES string of the molecule is O=C(CC1CC(F)(F)C1)NCc1cnn2cc(CNC(=O)c3cnn(CC4CC4)n3)nc2c1. The molecule has 12 heteroatoms. The first-order valence-corrected chi connectivity index (χ1v) is 11.0. The standard InChI is InChI=1S/C21H24F2N8O2/c22-21(23)5-14(6-21)4-19(32)24-7-15-3-18-28-16(12-30(18)26-8-15)9-25-20(33)17-10-27-31(29-17)11-13-1-2-13/h3,8,10,12-14H,1-2,4-7,9,11H2,(H,24,32)(H,25,33). The Morgan fingerprint density at radius 2 is 1.91 bits per heavy atom. The fraction of sp³-hybridized carbons (Fsp3) is 0.524. The minimum absolute atomic E-state index is 0.104. The lowest BCUT2D eigenvalue weighted by atomic mass is 9.79. The van der Waals surface area contributed by atoms with Crippen molar-refractivity contribution in [3.63, 3.8) is 0 Å². The number of nitrogens with one attached hydrogen (secondary N) is 2. The highest BCUT2D eigenvalue weighted by atomic mass is 19.3. The minimum atomic E-state index is -2.62. The maximum atomic E-state index is 12.9. The highest BCUT2D eigenvalue weighted by Gasteiger charge is 2.45. The topological polar surface area (TPSA) is 119 Å². The predicted octanol–water partition coefficient (Wildman–Crippen LogP) is 1.71. The zero-order valence-corrected chi connectivity index (χ0v) is 17.9. The maximum Gasteiger partial charge on any atom is 0.273 e. The molecular formula is C21H24F2N8O2. The van der Waals surface area contributed by atoms with Crippen LogP contribution in [0.4, 0.5) is 8.78 Å². The molecule has 10 nitrogen and oxygen atoms in total. The Hall–Kier alpha value is -3.44. The molecule has 0 aromatic carbocycles. The van der Waals surface area contributed by atoms with E-state index in [1.165, 1.54) is 19.0 Å². The van der Waals surface area contributed by atoms with Crippen molar-refractivity contribution >= 4 is 17.5 Å². The maximum absolute atomic E-state index is 12.9. The van der Waals surface area contributed by atoms with E-state index in [-0.39, 0.29) is 55.8 Å². The first kappa shape index (κ1) is 21.4. The molecule has 0 spiro atoms. The fourth-order valence-corrected chi connectivity index (χ4v) is 3.89. The molecule has 2 saturated carbocycles. The van der Waals surface area contributed by atoms with Crippen LogP contribution in [0, 0.1) is 11.8 Å². The van der Waals surface area contributed by atoms with Crippen molar-refractivity contribution in [1.82, 2.24) is 40.2 Å². The van der Waals surface area contributed by atoms with E-state index in [0.29, 0.717) is 17.3 Å². The van der Waals surface area contributed by atoms with Gasteiger partial charge in [-0.15, -0.1) is 5.10 Å². The van der Waals surface area contributed by atoms with Gasteiger partial charge in [0.25, 0.3) is 5.91 Å².